The maximum absolute atomic E-state index is 12.3. The largest absolute Gasteiger partial charge is 0.497 e. The molecule has 1 atom stereocenters. The molecule has 1 aromatic heterocycles. The molecule has 0 bridgehead atoms. The van der Waals surface area contributed by atoms with E-state index in [0.717, 1.165) is 11.3 Å². The van der Waals surface area contributed by atoms with Gasteiger partial charge in [-0.15, -0.1) is 0 Å². The molecule has 6 heteroatoms. The first kappa shape index (κ1) is 16.1. The van der Waals surface area contributed by atoms with Gasteiger partial charge in [-0.05, 0) is 29.8 Å². The van der Waals surface area contributed by atoms with Gasteiger partial charge in [0.25, 0.3) is 5.91 Å². The van der Waals surface area contributed by atoms with E-state index in [9.17, 15) is 9.59 Å². The second-order valence-electron chi connectivity index (χ2n) is 5.95. The summed E-state index contributed by atoms with van der Waals surface area (Å²) in [5.74, 6) is 0.652. The van der Waals surface area contributed by atoms with Gasteiger partial charge in [-0.25, -0.2) is 0 Å². The van der Waals surface area contributed by atoms with Crippen molar-refractivity contribution in [2.24, 2.45) is 0 Å². The molecular weight excluding hydrogens is 306 g/mol. The minimum atomic E-state index is -0.0672. The van der Waals surface area contributed by atoms with Gasteiger partial charge in [-0.2, -0.15) is 0 Å². The van der Waals surface area contributed by atoms with Gasteiger partial charge in [0.1, 0.15) is 11.4 Å². The number of likely N-dealkylation sites (N-methyl/N-ethyl adjacent to an activating group) is 1. The lowest BCUT2D eigenvalue weighted by Crippen LogP contribution is -2.51. The van der Waals surface area contributed by atoms with E-state index in [1.54, 1.807) is 19.1 Å². The van der Waals surface area contributed by atoms with Gasteiger partial charge >= 0.3 is 0 Å². The lowest BCUT2D eigenvalue weighted by atomic mass is 10.1. The molecule has 3 rings (SSSR count). The predicted molar refractivity (Wildman–Crippen MR) is 90.0 cm³/mol. The van der Waals surface area contributed by atoms with E-state index in [0.29, 0.717) is 18.8 Å². The Morgan fingerprint density at radius 3 is 2.96 bits per heavy atom. The quantitative estimate of drug-likeness (QED) is 0.901. The number of ether oxygens (including phenoxy) is 1. The van der Waals surface area contributed by atoms with Crippen molar-refractivity contribution in [1.82, 2.24) is 14.8 Å². The highest BCUT2D eigenvalue weighted by atomic mass is 16.5. The van der Waals surface area contributed by atoms with Crippen LogP contribution in [0.1, 0.15) is 16.1 Å². The second kappa shape index (κ2) is 6.78. The van der Waals surface area contributed by atoms with Crippen LogP contribution < -0.4 is 10.1 Å². The number of amides is 2. The molecular formula is C18H21N3O3. The van der Waals surface area contributed by atoms with Gasteiger partial charge in [0.2, 0.25) is 5.91 Å². The average molecular weight is 327 g/mol. The standard InChI is InChI=1S/C18H21N3O3/c1-20-14(12-21-8-4-7-16(21)18(20)23)11-19-17(22)10-13-5-3-6-15(9-13)24-2/h3-9,14H,10-12H2,1-2H3,(H,19,22). The molecule has 2 amide bonds. The van der Waals surface area contributed by atoms with Crippen molar-refractivity contribution in [1.29, 1.82) is 0 Å². The van der Waals surface area contributed by atoms with E-state index in [2.05, 4.69) is 5.32 Å². The molecule has 1 aliphatic rings. The predicted octanol–water partition coefficient (Wildman–Crippen LogP) is 1.31. The first-order valence-corrected chi connectivity index (χ1v) is 7.90. The van der Waals surface area contributed by atoms with E-state index >= 15 is 0 Å². The van der Waals surface area contributed by atoms with E-state index < -0.39 is 0 Å². The van der Waals surface area contributed by atoms with Gasteiger partial charge in [0.05, 0.1) is 19.6 Å². The number of nitrogens with one attached hydrogen (secondary N) is 1. The van der Waals surface area contributed by atoms with Crippen molar-refractivity contribution in [3.63, 3.8) is 0 Å². The smallest absolute Gasteiger partial charge is 0.270 e. The van der Waals surface area contributed by atoms with Crippen LogP contribution in [0.5, 0.6) is 5.75 Å². The van der Waals surface area contributed by atoms with E-state index in [1.807, 2.05) is 47.2 Å². The zero-order chi connectivity index (χ0) is 17.1. The number of nitrogens with zero attached hydrogens (tertiary/aromatic N) is 2. The zero-order valence-electron chi connectivity index (χ0n) is 13.9. The van der Waals surface area contributed by atoms with Crippen LogP contribution in [-0.2, 0) is 17.8 Å². The van der Waals surface area contributed by atoms with Crippen molar-refractivity contribution in [2.45, 2.75) is 19.0 Å². The van der Waals surface area contributed by atoms with Crippen LogP contribution >= 0.6 is 0 Å². The first-order chi connectivity index (χ1) is 11.6. The van der Waals surface area contributed by atoms with Crippen LogP contribution in [0.15, 0.2) is 42.6 Å². The number of carbonyl (C=O) groups excluding carboxylic acids is 2. The summed E-state index contributed by atoms with van der Waals surface area (Å²) in [5.41, 5.74) is 1.59. The van der Waals surface area contributed by atoms with Gasteiger partial charge in [0.15, 0.2) is 0 Å². The number of methoxy groups -OCH3 is 1. The monoisotopic (exact) mass is 327 g/mol. The summed E-state index contributed by atoms with van der Waals surface area (Å²) in [4.78, 5) is 26.1. The van der Waals surface area contributed by atoms with Crippen molar-refractivity contribution < 1.29 is 14.3 Å². The molecule has 1 aliphatic heterocycles. The lowest BCUT2D eigenvalue weighted by molar-refractivity contribution is -0.120. The van der Waals surface area contributed by atoms with Crippen LogP contribution in [0.2, 0.25) is 0 Å². The van der Waals surface area contributed by atoms with Gasteiger partial charge in [0, 0.05) is 26.3 Å². The third-order valence-electron chi connectivity index (χ3n) is 4.36. The Morgan fingerprint density at radius 2 is 2.17 bits per heavy atom. The summed E-state index contributed by atoms with van der Waals surface area (Å²) >= 11 is 0. The van der Waals surface area contributed by atoms with E-state index in [4.69, 9.17) is 4.74 Å². The fourth-order valence-electron chi connectivity index (χ4n) is 2.93. The Hall–Kier alpha value is -2.76. The number of fused-ring (bicyclic) bond motifs is 1. The molecule has 2 heterocycles. The second-order valence-corrected chi connectivity index (χ2v) is 5.95. The van der Waals surface area contributed by atoms with E-state index in [-0.39, 0.29) is 24.3 Å². The highest BCUT2D eigenvalue weighted by Gasteiger charge is 2.29. The normalized spacial score (nSPS) is 16.7. The Bertz CT molecular complexity index is 753. The van der Waals surface area contributed by atoms with Gasteiger partial charge < -0.3 is 19.5 Å². The number of hydrogen-bond acceptors (Lipinski definition) is 3. The average Bonchev–Trinajstić information content (AvgIpc) is 3.05. The summed E-state index contributed by atoms with van der Waals surface area (Å²) in [6, 6.07) is 11.1. The minimum absolute atomic E-state index is 0.0155. The van der Waals surface area contributed by atoms with Gasteiger partial charge in [-0.1, -0.05) is 12.1 Å². The lowest BCUT2D eigenvalue weighted by Gasteiger charge is -2.33. The number of carbonyl (C=O) groups is 2. The molecule has 6 nitrogen and oxygen atoms in total. The highest BCUT2D eigenvalue weighted by Crippen LogP contribution is 2.16. The number of rotatable bonds is 5. The minimum Gasteiger partial charge on any atom is -0.497 e. The van der Waals surface area contributed by atoms with Gasteiger partial charge in [-0.3, -0.25) is 9.59 Å². The molecule has 0 saturated heterocycles. The maximum atomic E-state index is 12.3. The topological polar surface area (TPSA) is 63.6 Å². The molecule has 0 fully saturated rings. The molecule has 0 aliphatic carbocycles. The molecule has 1 unspecified atom stereocenters. The van der Waals surface area contributed by atoms with Crippen molar-refractivity contribution in [3.8, 4) is 5.75 Å². The molecule has 2 aromatic rings. The molecule has 0 radical (unpaired) electrons. The first-order valence-electron chi connectivity index (χ1n) is 7.90. The van der Waals surface area contributed by atoms with Crippen LogP contribution in [-0.4, -0.2) is 48.0 Å². The highest BCUT2D eigenvalue weighted by molar-refractivity contribution is 5.93. The zero-order valence-corrected chi connectivity index (χ0v) is 13.9. The van der Waals surface area contributed by atoms with Crippen LogP contribution in [0.25, 0.3) is 0 Å². The van der Waals surface area contributed by atoms with Crippen molar-refractivity contribution in [3.05, 3.63) is 53.9 Å². The van der Waals surface area contributed by atoms with Crippen molar-refractivity contribution >= 4 is 11.8 Å². The van der Waals surface area contributed by atoms with Crippen LogP contribution in [0.4, 0.5) is 0 Å². The van der Waals surface area contributed by atoms with Crippen molar-refractivity contribution in [2.75, 3.05) is 20.7 Å². The summed E-state index contributed by atoms with van der Waals surface area (Å²) < 4.78 is 7.10. The summed E-state index contributed by atoms with van der Waals surface area (Å²) in [5, 5.41) is 2.93. The summed E-state index contributed by atoms with van der Waals surface area (Å²) in [6.07, 6.45) is 2.18. The molecule has 1 aromatic carbocycles. The van der Waals surface area contributed by atoms with E-state index in [1.165, 1.54) is 0 Å². The number of benzene rings is 1. The molecule has 0 spiro atoms. The third-order valence-corrected chi connectivity index (χ3v) is 4.36. The fourth-order valence-corrected chi connectivity index (χ4v) is 2.93. The third kappa shape index (κ3) is 3.27. The molecule has 1 N–H and O–H groups in total. The summed E-state index contributed by atoms with van der Waals surface area (Å²) in [7, 11) is 3.38. The maximum Gasteiger partial charge on any atom is 0.270 e. The Morgan fingerprint density at radius 1 is 1.33 bits per heavy atom. The Balaban J connectivity index is 1.57. The molecule has 126 valence electrons. The summed E-state index contributed by atoms with van der Waals surface area (Å²) in [6.45, 7) is 1.12. The molecule has 24 heavy (non-hydrogen) atoms. The SMILES string of the molecule is COc1cccc(CC(=O)NCC2Cn3cccc3C(=O)N2C)c1. The Kier molecular flexibility index (Phi) is 4.55. The molecule has 0 saturated carbocycles. The number of aromatic nitrogens is 1. The number of hydrogen-bond donors (Lipinski definition) is 1. The van der Waals surface area contributed by atoms with Crippen LogP contribution in [0.3, 0.4) is 0 Å². The van der Waals surface area contributed by atoms with Crippen LogP contribution in [0, 0.1) is 0 Å². The fraction of sp³-hybridized carbons (Fsp3) is 0.333. The Labute approximate surface area is 141 Å².